The van der Waals surface area contributed by atoms with E-state index in [0.717, 1.165) is 15.6 Å². The second kappa shape index (κ2) is 8.85. The van der Waals surface area contributed by atoms with Gasteiger partial charge >= 0.3 is 0 Å². The number of piperidine rings is 1. The fourth-order valence-electron chi connectivity index (χ4n) is 4.24. The maximum atomic E-state index is 13.3. The van der Waals surface area contributed by atoms with Crippen LogP contribution in [0.2, 0.25) is 0 Å². The Morgan fingerprint density at radius 3 is 2.52 bits per heavy atom. The van der Waals surface area contributed by atoms with Crippen LogP contribution in [0.1, 0.15) is 35.1 Å². The van der Waals surface area contributed by atoms with Gasteiger partial charge in [0.05, 0.1) is 5.92 Å². The molecule has 158 valence electrons. The zero-order valence-electron chi connectivity index (χ0n) is 16.5. The lowest BCUT2D eigenvalue weighted by Gasteiger charge is -2.41. The lowest BCUT2D eigenvalue weighted by Crippen LogP contribution is -2.51. The summed E-state index contributed by atoms with van der Waals surface area (Å²) in [5.41, 5.74) is 2.14. The van der Waals surface area contributed by atoms with Gasteiger partial charge in [0.25, 0.3) is 0 Å². The number of aromatic nitrogens is 1. The van der Waals surface area contributed by atoms with Gasteiger partial charge in [-0.05, 0) is 41.0 Å². The Morgan fingerprint density at radius 1 is 1.13 bits per heavy atom. The van der Waals surface area contributed by atoms with Crippen molar-refractivity contribution < 1.29 is 14.8 Å². The number of halogens is 1. The molecule has 1 saturated heterocycles. The van der Waals surface area contributed by atoms with Crippen LogP contribution in [0.25, 0.3) is 0 Å². The standard InChI is InChI=1S/C23H20BrN3O4/c24-20-6-2-1-5-18(20)19-12-21(29)26(14-15-4-3-11-25-13-15)22(23(19)27(30)31)16-7-9-17(28)10-8-16/h1-11,13,19,22-23,28H,12,14H2/t19-,22+,23-/m0/s1. The summed E-state index contributed by atoms with van der Waals surface area (Å²) in [4.78, 5) is 31.1. The quantitative estimate of drug-likeness (QED) is 0.428. The number of nitro groups is 1. The van der Waals surface area contributed by atoms with E-state index in [-0.39, 0.29) is 29.5 Å². The highest BCUT2D eigenvalue weighted by molar-refractivity contribution is 9.10. The van der Waals surface area contributed by atoms with Crippen LogP contribution >= 0.6 is 15.9 Å². The predicted molar refractivity (Wildman–Crippen MR) is 118 cm³/mol. The summed E-state index contributed by atoms with van der Waals surface area (Å²) in [5.74, 6) is -0.701. The summed E-state index contributed by atoms with van der Waals surface area (Å²) < 4.78 is 0.741. The van der Waals surface area contributed by atoms with Gasteiger partial charge in [0.2, 0.25) is 11.9 Å². The summed E-state index contributed by atoms with van der Waals surface area (Å²) in [6.45, 7) is 0.214. The average Bonchev–Trinajstić information content (AvgIpc) is 2.76. The molecule has 1 N–H and O–H groups in total. The van der Waals surface area contributed by atoms with Gasteiger partial charge in [-0.25, -0.2) is 0 Å². The molecule has 1 aromatic heterocycles. The Morgan fingerprint density at radius 2 is 1.87 bits per heavy atom. The first-order valence-corrected chi connectivity index (χ1v) is 10.6. The second-order valence-electron chi connectivity index (χ2n) is 7.53. The highest BCUT2D eigenvalue weighted by Gasteiger charge is 2.51. The molecule has 0 spiro atoms. The number of nitrogens with zero attached hydrogens (tertiary/aromatic N) is 3. The van der Waals surface area contributed by atoms with Gasteiger partial charge in [-0.2, -0.15) is 0 Å². The van der Waals surface area contributed by atoms with Crippen molar-refractivity contribution in [2.75, 3.05) is 0 Å². The zero-order chi connectivity index (χ0) is 22.0. The molecular weight excluding hydrogens is 462 g/mol. The number of rotatable bonds is 5. The molecule has 0 aliphatic carbocycles. The van der Waals surface area contributed by atoms with Crippen molar-refractivity contribution >= 4 is 21.8 Å². The Bertz CT molecular complexity index is 1090. The minimum atomic E-state index is -1.06. The third-order valence-electron chi connectivity index (χ3n) is 5.64. The molecule has 7 nitrogen and oxygen atoms in total. The van der Waals surface area contributed by atoms with E-state index >= 15 is 0 Å². The number of benzene rings is 2. The van der Waals surface area contributed by atoms with Gasteiger partial charge < -0.3 is 10.0 Å². The smallest absolute Gasteiger partial charge is 0.244 e. The SMILES string of the molecule is O=C1C[C@@H](c2ccccc2Br)[C@H]([N+](=O)[O-])[C@@H](c2ccc(O)cc2)N1Cc1cccnc1. The molecule has 1 aliphatic rings. The van der Waals surface area contributed by atoms with Gasteiger partial charge in [0.15, 0.2) is 0 Å². The van der Waals surface area contributed by atoms with Crippen LogP contribution in [-0.4, -0.2) is 31.9 Å². The largest absolute Gasteiger partial charge is 0.508 e. The van der Waals surface area contributed by atoms with E-state index in [1.807, 2.05) is 30.3 Å². The Balaban J connectivity index is 1.83. The van der Waals surface area contributed by atoms with Crippen molar-refractivity contribution in [2.45, 2.75) is 31.0 Å². The number of carbonyl (C=O) groups is 1. The maximum Gasteiger partial charge on any atom is 0.244 e. The van der Waals surface area contributed by atoms with Gasteiger partial charge in [-0.15, -0.1) is 0 Å². The maximum absolute atomic E-state index is 13.3. The third-order valence-corrected chi connectivity index (χ3v) is 6.37. The second-order valence-corrected chi connectivity index (χ2v) is 8.38. The molecule has 2 heterocycles. The molecule has 3 atom stereocenters. The molecule has 0 bridgehead atoms. The molecule has 1 aliphatic heterocycles. The van der Waals surface area contributed by atoms with E-state index in [2.05, 4.69) is 20.9 Å². The number of hydrogen-bond acceptors (Lipinski definition) is 5. The van der Waals surface area contributed by atoms with Crippen molar-refractivity contribution in [3.63, 3.8) is 0 Å². The van der Waals surface area contributed by atoms with E-state index in [1.165, 1.54) is 12.1 Å². The van der Waals surface area contributed by atoms with Crippen LogP contribution in [0.15, 0.2) is 77.5 Å². The summed E-state index contributed by atoms with van der Waals surface area (Å²) in [6.07, 6.45) is 3.33. The number of hydrogen-bond donors (Lipinski definition) is 1. The fourth-order valence-corrected chi connectivity index (χ4v) is 4.82. The van der Waals surface area contributed by atoms with E-state index in [1.54, 1.807) is 35.5 Å². The molecule has 1 fully saturated rings. The van der Waals surface area contributed by atoms with E-state index < -0.39 is 18.0 Å². The van der Waals surface area contributed by atoms with Crippen molar-refractivity contribution in [2.24, 2.45) is 0 Å². The number of carbonyl (C=O) groups excluding carboxylic acids is 1. The van der Waals surface area contributed by atoms with Crippen LogP contribution in [0.4, 0.5) is 0 Å². The summed E-state index contributed by atoms with van der Waals surface area (Å²) >= 11 is 3.49. The van der Waals surface area contributed by atoms with Crippen LogP contribution < -0.4 is 0 Å². The first-order valence-electron chi connectivity index (χ1n) is 9.81. The highest BCUT2D eigenvalue weighted by Crippen LogP contribution is 2.44. The van der Waals surface area contributed by atoms with Gasteiger partial charge in [-0.1, -0.05) is 52.3 Å². The summed E-state index contributed by atoms with van der Waals surface area (Å²) in [5, 5.41) is 22.1. The van der Waals surface area contributed by atoms with Crippen LogP contribution in [0.5, 0.6) is 5.75 Å². The number of aromatic hydroxyl groups is 1. The van der Waals surface area contributed by atoms with Crippen LogP contribution in [0.3, 0.4) is 0 Å². The molecule has 0 unspecified atom stereocenters. The fraction of sp³-hybridized carbons (Fsp3) is 0.217. The minimum Gasteiger partial charge on any atom is -0.508 e. The third kappa shape index (κ3) is 4.29. The number of likely N-dealkylation sites (tertiary alicyclic amines) is 1. The number of amides is 1. The normalized spacial score (nSPS) is 21.1. The number of phenols is 1. The first-order chi connectivity index (χ1) is 15.0. The van der Waals surface area contributed by atoms with Gasteiger partial charge in [0, 0.05) is 34.8 Å². The van der Waals surface area contributed by atoms with Gasteiger partial charge in [-0.3, -0.25) is 19.9 Å². The average molecular weight is 482 g/mol. The lowest BCUT2D eigenvalue weighted by atomic mass is 9.78. The number of phenolic OH excluding ortho intramolecular Hbond substituents is 1. The predicted octanol–water partition coefficient (Wildman–Crippen LogP) is 4.45. The minimum absolute atomic E-state index is 0.0309. The molecule has 0 radical (unpaired) electrons. The molecule has 3 aromatic rings. The molecular formula is C23H20BrN3O4. The molecule has 1 amide bonds. The monoisotopic (exact) mass is 481 g/mol. The summed E-state index contributed by atoms with van der Waals surface area (Å²) in [7, 11) is 0. The lowest BCUT2D eigenvalue weighted by molar-refractivity contribution is -0.537. The molecule has 4 rings (SSSR count). The topological polar surface area (TPSA) is 96.6 Å². The molecule has 31 heavy (non-hydrogen) atoms. The van der Waals surface area contributed by atoms with E-state index in [4.69, 9.17) is 0 Å². The van der Waals surface area contributed by atoms with E-state index in [0.29, 0.717) is 5.56 Å². The van der Waals surface area contributed by atoms with Crippen molar-refractivity contribution in [3.8, 4) is 5.75 Å². The highest BCUT2D eigenvalue weighted by atomic mass is 79.9. The Hall–Kier alpha value is -3.26. The van der Waals surface area contributed by atoms with Crippen LogP contribution in [-0.2, 0) is 11.3 Å². The Kier molecular flexibility index (Phi) is 5.99. The molecule has 8 heteroatoms. The Labute approximate surface area is 187 Å². The first kappa shape index (κ1) is 21.0. The summed E-state index contributed by atoms with van der Waals surface area (Å²) in [6, 6.07) is 15.3. The zero-order valence-corrected chi connectivity index (χ0v) is 18.1. The van der Waals surface area contributed by atoms with E-state index in [9.17, 15) is 20.0 Å². The number of pyridine rings is 1. The van der Waals surface area contributed by atoms with Crippen LogP contribution in [0, 0.1) is 10.1 Å². The van der Waals surface area contributed by atoms with Gasteiger partial charge in [0.1, 0.15) is 11.8 Å². The van der Waals surface area contributed by atoms with Crippen molar-refractivity contribution in [1.29, 1.82) is 0 Å². The molecule has 2 aromatic carbocycles. The molecule has 0 saturated carbocycles. The van der Waals surface area contributed by atoms with Crippen molar-refractivity contribution in [1.82, 2.24) is 9.88 Å². The van der Waals surface area contributed by atoms with Crippen molar-refractivity contribution in [3.05, 3.63) is 104 Å².